The summed E-state index contributed by atoms with van der Waals surface area (Å²) in [5.74, 6) is 0.300. The number of rotatable bonds is 4. The molecule has 1 aromatic heterocycles. The van der Waals surface area contributed by atoms with Gasteiger partial charge >= 0.3 is 0 Å². The Morgan fingerprint density at radius 3 is 2.62 bits per heavy atom. The normalized spacial score (nSPS) is 9.92. The van der Waals surface area contributed by atoms with Crippen molar-refractivity contribution in [3.63, 3.8) is 0 Å². The molecule has 13 heavy (non-hydrogen) atoms. The maximum absolute atomic E-state index is 8.69. The molecular weight excluding hydrogens is 170 g/mol. The Labute approximate surface area is 76.7 Å². The molecule has 4 nitrogen and oxygen atoms in total. The van der Waals surface area contributed by atoms with Crippen LogP contribution < -0.4 is 0 Å². The van der Waals surface area contributed by atoms with Crippen LogP contribution in [0.15, 0.2) is 10.7 Å². The predicted molar refractivity (Wildman–Crippen MR) is 44.8 cm³/mol. The highest BCUT2D eigenvalue weighted by Gasteiger charge is 2.12. The molecule has 0 atom stereocenters. The molecule has 1 heterocycles. The number of hydrogen-bond donors (Lipinski definition) is 0. The van der Waals surface area contributed by atoms with Gasteiger partial charge in [0.05, 0.1) is 19.5 Å². The van der Waals surface area contributed by atoms with Crippen LogP contribution in [0.3, 0.4) is 0 Å². The minimum absolute atomic E-state index is 0.300. The van der Waals surface area contributed by atoms with E-state index in [1.807, 2.05) is 6.07 Å². The smallest absolute Gasteiger partial charge is 0.209 e. The van der Waals surface area contributed by atoms with E-state index in [9.17, 15) is 0 Å². The van der Waals surface area contributed by atoms with Crippen molar-refractivity contribution >= 4 is 0 Å². The fraction of sp³-hybridized carbons (Fsp3) is 0.444. The number of nitriles is 1. The first-order valence-electron chi connectivity index (χ1n) is 3.80. The summed E-state index contributed by atoms with van der Waals surface area (Å²) in [7, 11) is 3.17. The SMILES string of the molecule is COCc1coc(C#N)c1COC. The van der Waals surface area contributed by atoms with E-state index in [0.717, 1.165) is 11.1 Å². The van der Waals surface area contributed by atoms with Crippen molar-refractivity contribution in [1.82, 2.24) is 0 Å². The Bertz CT molecular complexity index is 311. The van der Waals surface area contributed by atoms with E-state index in [1.165, 1.54) is 6.26 Å². The predicted octanol–water partition coefficient (Wildman–Crippen LogP) is 1.44. The topological polar surface area (TPSA) is 55.4 Å². The van der Waals surface area contributed by atoms with Crippen molar-refractivity contribution in [2.24, 2.45) is 0 Å². The van der Waals surface area contributed by atoms with Gasteiger partial charge < -0.3 is 13.9 Å². The fourth-order valence-corrected chi connectivity index (χ4v) is 1.09. The first-order valence-corrected chi connectivity index (χ1v) is 3.80. The van der Waals surface area contributed by atoms with Crippen LogP contribution in [0, 0.1) is 11.3 Å². The van der Waals surface area contributed by atoms with Crippen molar-refractivity contribution in [3.05, 3.63) is 23.2 Å². The zero-order valence-corrected chi connectivity index (χ0v) is 7.66. The lowest BCUT2D eigenvalue weighted by molar-refractivity contribution is 0.169. The van der Waals surface area contributed by atoms with Crippen molar-refractivity contribution < 1.29 is 13.9 Å². The molecule has 1 aromatic rings. The molecule has 0 radical (unpaired) electrons. The van der Waals surface area contributed by atoms with E-state index < -0.39 is 0 Å². The molecule has 4 heteroatoms. The standard InChI is InChI=1S/C9H11NO3/c1-11-4-7-5-13-9(3-10)8(7)6-12-2/h5H,4,6H2,1-2H3. The Hall–Kier alpha value is -1.31. The maximum atomic E-state index is 8.69. The molecule has 0 saturated carbocycles. The third-order valence-electron chi connectivity index (χ3n) is 1.67. The number of nitrogens with zero attached hydrogens (tertiary/aromatic N) is 1. The molecule has 0 aliphatic heterocycles. The summed E-state index contributed by atoms with van der Waals surface area (Å²) in [5, 5.41) is 8.69. The van der Waals surface area contributed by atoms with Crippen LogP contribution in [0.5, 0.6) is 0 Å². The first kappa shape index (κ1) is 9.78. The molecule has 0 bridgehead atoms. The highest BCUT2D eigenvalue weighted by atomic mass is 16.5. The lowest BCUT2D eigenvalue weighted by Gasteiger charge is -1.99. The van der Waals surface area contributed by atoms with Crippen molar-refractivity contribution in [3.8, 4) is 6.07 Å². The number of methoxy groups -OCH3 is 2. The van der Waals surface area contributed by atoms with Gasteiger partial charge in [0.1, 0.15) is 6.07 Å². The van der Waals surface area contributed by atoms with Gasteiger partial charge in [-0.3, -0.25) is 0 Å². The van der Waals surface area contributed by atoms with Crippen LogP contribution in [0.4, 0.5) is 0 Å². The summed E-state index contributed by atoms with van der Waals surface area (Å²) >= 11 is 0. The lowest BCUT2D eigenvalue weighted by Crippen LogP contribution is -1.95. The molecule has 70 valence electrons. The molecule has 0 aliphatic rings. The molecule has 0 aliphatic carbocycles. The second kappa shape index (κ2) is 4.65. The molecule has 0 fully saturated rings. The maximum Gasteiger partial charge on any atom is 0.209 e. The fourth-order valence-electron chi connectivity index (χ4n) is 1.09. The van der Waals surface area contributed by atoms with Crippen LogP contribution >= 0.6 is 0 Å². The Kier molecular flexibility index (Phi) is 3.50. The van der Waals surface area contributed by atoms with Gasteiger partial charge in [-0.05, 0) is 0 Å². The van der Waals surface area contributed by atoms with Crippen LogP contribution in [-0.2, 0) is 22.7 Å². The Morgan fingerprint density at radius 1 is 1.38 bits per heavy atom. The monoisotopic (exact) mass is 181 g/mol. The first-order chi connectivity index (χ1) is 6.33. The van der Waals surface area contributed by atoms with Crippen LogP contribution in [0.25, 0.3) is 0 Å². The molecular formula is C9H11NO3. The largest absolute Gasteiger partial charge is 0.453 e. The van der Waals surface area contributed by atoms with Crippen molar-refractivity contribution in [1.29, 1.82) is 5.26 Å². The summed E-state index contributed by atoms with van der Waals surface area (Å²) in [6.07, 6.45) is 1.52. The second-order valence-corrected chi connectivity index (χ2v) is 2.55. The average Bonchev–Trinajstić information content (AvgIpc) is 2.50. The minimum Gasteiger partial charge on any atom is -0.453 e. The van der Waals surface area contributed by atoms with E-state index in [1.54, 1.807) is 14.2 Å². The summed E-state index contributed by atoms with van der Waals surface area (Å²) in [6, 6.07) is 1.96. The zero-order chi connectivity index (χ0) is 9.68. The summed E-state index contributed by atoms with van der Waals surface area (Å²) in [5.41, 5.74) is 1.63. The van der Waals surface area contributed by atoms with E-state index in [-0.39, 0.29) is 0 Å². The van der Waals surface area contributed by atoms with E-state index >= 15 is 0 Å². The van der Waals surface area contributed by atoms with Gasteiger partial charge in [0.25, 0.3) is 0 Å². The van der Waals surface area contributed by atoms with Gasteiger partial charge in [0.2, 0.25) is 5.76 Å². The van der Waals surface area contributed by atoms with Gasteiger partial charge in [0.15, 0.2) is 0 Å². The summed E-state index contributed by atoms with van der Waals surface area (Å²) < 4.78 is 14.9. The van der Waals surface area contributed by atoms with Crippen LogP contribution in [-0.4, -0.2) is 14.2 Å². The van der Waals surface area contributed by atoms with E-state index in [4.69, 9.17) is 19.2 Å². The number of hydrogen-bond acceptors (Lipinski definition) is 4. The molecule has 0 saturated heterocycles. The Morgan fingerprint density at radius 2 is 2.08 bits per heavy atom. The minimum atomic E-state index is 0.300. The van der Waals surface area contributed by atoms with E-state index in [0.29, 0.717) is 19.0 Å². The Balaban J connectivity index is 2.93. The van der Waals surface area contributed by atoms with Crippen molar-refractivity contribution in [2.75, 3.05) is 14.2 Å². The van der Waals surface area contributed by atoms with Gasteiger partial charge in [-0.2, -0.15) is 5.26 Å². The molecule has 1 rings (SSSR count). The average molecular weight is 181 g/mol. The van der Waals surface area contributed by atoms with Gasteiger partial charge in [-0.15, -0.1) is 0 Å². The number of ether oxygens (including phenoxy) is 2. The number of furan rings is 1. The van der Waals surface area contributed by atoms with E-state index in [2.05, 4.69) is 0 Å². The molecule has 0 N–H and O–H groups in total. The lowest BCUT2D eigenvalue weighted by atomic mass is 10.2. The second-order valence-electron chi connectivity index (χ2n) is 2.55. The molecule has 0 spiro atoms. The highest BCUT2D eigenvalue weighted by Crippen LogP contribution is 2.18. The van der Waals surface area contributed by atoms with Crippen molar-refractivity contribution in [2.45, 2.75) is 13.2 Å². The van der Waals surface area contributed by atoms with Crippen LogP contribution in [0.2, 0.25) is 0 Å². The molecule has 0 aromatic carbocycles. The third-order valence-corrected chi connectivity index (χ3v) is 1.67. The summed E-state index contributed by atoms with van der Waals surface area (Å²) in [4.78, 5) is 0. The zero-order valence-electron chi connectivity index (χ0n) is 7.66. The van der Waals surface area contributed by atoms with Crippen LogP contribution in [0.1, 0.15) is 16.9 Å². The third kappa shape index (κ3) is 2.08. The molecule has 0 amide bonds. The highest BCUT2D eigenvalue weighted by molar-refractivity contribution is 5.34. The van der Waals surface area contributed by atoms with Gasteiger partial charge in [0, 0.05) is 25.3 Å². The molecule has 0 unspecified atom stereocenters. The van der Waals surface area contributed by atoms with Gasteiger partial charge in [-0.1, -0.05) is 0 Å². The quantitative estimate of drug-likeness (QED) is 0.705. The van der Waals surface area contributed by atoms with Gasteiger partial charge in [-0.25, -0.2) is 0 Å². The summed E-state index contributed by atoms with van der Waals surface area (Å²) in [6.45, 7) is 0.807.